The van der Waals surface area contributed by atoms with Crippen molar-refractivity contribution in [2.75, 3.05) is 24.4 Å². The van der Waals surface area contributed by atoms with Gasteiger partial charge in [0.15, 0.2) is 5.60 Å². The van der Waals surface area contributed by atoms with Gasteiger partial charge in [0.2, 0.25) is 11.8 Å². The van der Waals surface area contributed by atoms with Crippen LogP contribution >= 0.6 is 0 Å². The van der Waals surface area contributed by atoms with Crippen LogP contribution in [0.1, 0.15) is 35.6 Å². The Morgan fingerprint density at radius 3 is 2.52 bits per heavy atom. The molecule has 1 saturated heterocycles. The first-order valence-electron chi connectivity index (χ1n) is 18.6. The second kappa shape index (κ2) is 13.9. The number of nitrogens with one attached hydrogen (secondary N) is 3. The van der Waals surface area contributed by atoms with Crippen molar-refractivity contribution in [2.24, 2.45) is 5.92 Å². The average Bonchev–Trinajstić information content (AvgIpc) is 3.81. The molecule has 0 aliphatic carbocycles. The maximum absolute atomic E-state index is 14.4. The van der Waals surface area contributed by atoms with Gasteiger partial charge in [-0.25, -0.2) is 0 Å². The monoisotopic (exact) mass is 742 g/mol. The summed E-state index contributed by atoms with van der Waals surface area (Å²) in [5.74, 6) is -0.132. The second-order valence-electron chi connectivity index (χ2n) is 15.5. The van der Waals surface area contributed by atoms with Crippen LogP contribution in [0.5, 0.6) is 5.75 Å². The number of hydrogen-bond acceptors (Lipinski definition) is 6. The third-order valence-electron chi connectivity index (χ3n) is 12.2. The van der Waals surface area contributed by atoms with E-state index in [2.05, 4.69) is 53.8 Å². The first kappa shape index (κ1) is 35.8. The van der Waals surface area contributed by atoms with E-state index in [1.807, 2.05) is 72.9 Å². The Balaban J connectivity index is 1.13. The summed E-state index contributed by atoms with van der Waals surface area (Å²) in [5, 5.41) is 18.7. The maximum Gasteiger partial charge on any atom is 0.261 e. The number of ether oxygens (including phenoxy) is 2. The van der Waals surface area contributed by atoms with E-state index in [1.165, 1.54) is 0 Å². The topological polar surface area (TPSA) is 133 Å². The van der Waals surface area contributed by atoms with Crippen molar-refractivity contribution >= 4 is 53.3 Å². The van der Waals surface area contributed by atoms with Gasteiger partial charge in [-0.1, -0.05) is 79.8 Å². The predicted octanol–water partition coefficient (Wildman–Crippen LogP) is 5.86. The number of amides is 3. The molecule has 278 valence electrons. The molecule has 8 rings (SSSR count). The highest BCUT2D eigenvalue weighted by Gasteiger charge is 2.65. The fourth-order valence-corrected chi connectivity index (χ4v) is 13.4. The number of carbonyl (C=O) groups excluding carboxylic acids is 3. The Morgan fingerprint density at radius 2 is 1.76 bits per heavy atom. The number of aromatic nitrogens is 1. The SMILES string of the molecule is COc1ccc([Si](C)(C)[C@@H]2[C@@H](CC(=O)N3Cc4ccccc4C[C@H]3CO)O[C@]3(C(=O)Nc4ccc(NC(=O)Cc5c[nH]c6ccccc56)cc43)[C@H]2C)cc1. The van der Waals surface area contributed by atoms with Gasteiger partial charge in [0.25, 0.3) is 5.91 Å². The number of anilines is 2. The van der Waals surface area contributed by atoms with E-state index >= 15 is 0 Å². The van der Waals surface area contributed by atoms with Crippen molar-refractivity contribution in [3.05, 3.63) is 119 Å². The number of benzene rings is 4. The lowest BCUT2D eigenvalue weighted by Crippen LogP contribution is -2.52. The van der Waals surface area contributed by atoms with Crippen molar-refractivity contribution in [3.63, 3.8) is 0 Å². The zero-order chi connectivity index (χ0) is 37.8. The molecule has 3 aliphatic heterocycles. The van der Waals surface area contributed by atoms with E-state index in [1.54, 1.807) is 18.1 Å². The normalized spacial score (nSPS) is 23.3. The molecule has 4 aromatic carbocycles. The Kier molecular flexibility index (Phi) is 9.19. The van der Waals surface area contributed by atoms with Gasteiger partial charge < -0.3 is 35.1 Å². The first-order valence-corrected chi connectivity index (χ1v) is 21.7. The van der Waals surface area contributed by atoms with Crippen molar-refractivity contribution < 1.29 is 29.0 Å². The molecule has 3 aliphatic rings. The second-order valence-corrected chi connectivity index (χ2v) is 20.2. The van der Waals surface area contributed by atoms with Crippen LogP contribution in [0.4, 0.5) is 11.4 Å². The van der Waals surface area contributed by atoms with Crippen molar-refractivity contribution in [2.45, 2.75) is 69.1 Å². The van der Waals surface area contributed by atoms with Gasteiger partial charge in [0, 0.05) is 46.5 Å². The fraction of sp³-hybridized carbons (Fsp3) is 0.326. The van der Waals surface area contributed by atoms with Crippen LogP contribution in [0.15, 0.2) is 97.2 Å². The quantitative estimate of drug-likeness (QED) is 0.140. The van der Waals surface area contributed by atoms with Crippen LogP contribution in [0.3, 0.4) is 0 Å². The summed E-state index contributed by atoms with van der Waals surface area (Å²) >= 11 is 0. The molecule has 1 spiro atoms. The molecule has 54 heavy (non-hydrogen) atoms. The lowest BCUT2D eigenvalue weighted by molar-refractivity contribution is -0.149. The van der Waals surface area contributed by atoms with Gasteiger partial charge in [0.1, 0.15) is 5.75 Å². The summed E-state index contributed by atoms with van der Waals surface area (Å²) in [7, 11) is -0.862. The zero-order valence-corrected chi connectivity index (χ0v) is 32.0. The Hall–Kier alpha value is -5.23. The molecular weight excluding hydrogens is 697 g/mol. The summed E-state index contributed by atoms with van der Waals surface area (Å²) in [4.78, 5) is 47.2. The number of aromatic amines is 1. The number of para-hydroxylation sites is 1. The van der Waals surface area contributed by atoms with Crippen LogP contribution in [0.25, 0.3) is 10.9 Å². The number of aliphatic hydroxyl groups is 1. The van der Waals surface area contributed by atoms with Gasteiger partial charge >= 0.3 is 0 Å². The van der Waals surface area contributed by atoms with Gasteiger partial charge in [-0.15, -0.1) is 0 Å². The lowest BCUT2D eigenvalue weighted by atomic mass is 9.82. The average molecular weight is 743 g/mol. The molecule has 5 aromatic rings. The molecule has 10 nitrogen and oxygen atoms in total. The minimum absolute atomic E-state index is 0.0612. The summed E-state index contributed by atoms with van der Waals surface area (Å²) in [5.41, 5.74) is 4.38. The molecule has 0 saturated carbocycles. The van der Waals surface area contributed by atoms with E-state index in [-0.39, 0.29) is 54.7 Å². The van der Waals surface area contributed by atoms with E-state index in [0.29, 0.717) is 29.9 Å². The highest BCUT2D eigenvalue weighted by atomic mass is 28.3. The van der Waals surface area contributed by atoms with Crippen molar-refractivity contribution in [1.29, 1.82) is 0 Å². The number of rotatable bonds is 9. The van der Waals surface area contributed by atoms with Crippen molar-refractivity contribution in [1.82, 2.24) is 9.88 Å². The third kappa shape index (κ3) is 6.00. The molecule has 3 amide bonds. The molecular formula is C43H46N4O6Si. The minimum atomic E-state index is -2.50. The summed E-state index contributed by atoms with van der Waals surface area (Å²) in [6, 6.07) is 29.1. The number of nitrogens with zero attached hydrogens (tertiary/aromatic N) is 1. The van der Waals surface area contributed by atoms with Gasteiger partial charge in [-0.05, 0) is 65.1 Å². The number of hydrogen-bond donors (Lipinski definition) is 4. The van der Waals surface area contributed by atoms with E-state index < -0.39 is 19.8 Å². The van der Waals surface area contributed by atoms with E-state index in [0.717, 1.165) is 38.5 Å². The van der Waals surface area contributed by atoms with Crippen LogP contribution in [-0.2, 0) is 44.1 Å². The number of methoxy groups -OCH3 is 1. The van der Waals surface area contributed by atoms with Gasteiger partial charge in [-0.3, -0.25) is 14.4 Å². The highest BCUT2D eigenvalue weighted by Crippen LogP contribution is 2.59. The van der Waals surface area contributed by atoms with Gasteiger partial charge in [-0.2, -0.15) is 0 Å². The first-order chi connectivity index (χ1) is 26.0. The Labute approximate surface area is 315 Å². The standard InChI is InChI=1S/C43H46N4O6Si/c1-26-41(54(3,4)33-16-14-32(52-2)15-17-33)38(22-40(50)47-24-28-10-6-5-9-27(28)19-31(47)25-48)53-43(26)35-21-30(13-18-37(35)46-42(43)51)45-39(49)20-29-23-44-36-12-8-7-11-34(29)36/h5-18,21,23,26,31,38,41,44,48H,19-20,22,24-25H2,1-4H3,(H,45,49)(H,46,51)/t26-,31-,38+,41-,43+/m0/s1. The Morgan fingerprint density at radius 1 is 1.02 bits per heavy atom. The minimum Gasteiger partial charge on any atom is -0.497 e. The largest absolute Gasteiger partial charge is 0.497 e. The third-order valence-corrected chi connectivity index (χ3v) is 16.5. The lowest BCUT2D eigenvalue weighted by Gasteiger charge is -2.39. The van der Waals surface area contributed by atoms with E-state index in [4.69, 9.17) is 9.47 Å². The van der Waals surface area contributed by atoms with Crippen molar-refractivity contribution in [3.8, 4) is 5.75 Å². The smallest absolute Gasteiger partial charge is 0.261 e. The molecule has 0 unspecified atom stereocenters. The fourth-order valence-electron chi connectivity index (χ4n) is 9.40. The molecule has 1 aromatic heterocycles. The van der Waals surface area contributed by atoms with Gasteiger partial charge in [0.05, 0.1) is 46.8 Å². The van der Waals surface area contributed by atoms with E-state index in [9.17, 15) is 19.5 Å². The molecule has 4 N–H and O–H groups in total. The number of fused-ring (bicyclic) bond motifs is 4. The van der Waals surface area contributed by atoms with Crippen LogP contribution in [0.2, 0.25) is 18.6 Å². The number of H-pyrrole nitrogens is 1. The number of carbonyl (C=O) groups is 3. The molecule has 5 atom stereocenters. The summed E-state index contributed by atoms with van der Waals surface area (Å²) < 4.78 is 12.6. The zero-order valence-electron chi connectivity index (χ0n) is 31.0. The molecule has 4 heterocycles. The Bertz CT molecular complexity index is 2250. The predicted molar refractivity (Wildman–Crippen MR) is 211 cm³/mol. The maximum atomic E-state index is 14.4. The van der Waals surface area contributed by atoms with Crippen LogP contribution < -0.4 is 20.6 Å². The molecule has 0 radical (unpaired) electrons. The van der Waals surface area contributed by atoms with Crippen LogP contribution in [0, 0.1) is 5.92 Å². The highest BCUT2D eigenvalue weighted by molar-refractivity contribution is 6.91. The summed E-state index contributed by atoms with van der Waals surface area (Å²) in [6.07, 6.45) is 2.08. The van der Waals surface area contributed by atoms with Crippen LogP contribution in [-0.4, -0.2) is 66.6 Å². The molecule has 11 heteroatoms. The number of aliphatic hydroxyl groups excluding tert-OH is 1. The summed E-state index contributed by atoms with van der Waals surface area (Å²) in [6.45, 7) is 6.88. The molecule has 1 fully saturated rings. The molecule has 0 bridgehead atoms.